The molecular formula is C16H16F4N2O6S. The van der Waals surface area contributed by atoms with Gasteiger partial charge in [-0.25, -0.2) is 17.6 Å². The zero-order valence-corrected chi connectivity index (χ0v) is 15.6. The average Bonchev–Trinajstić information content (AvgIpc) is 3.23. The van der Waals surface area contributed by atoms with E-state index in [-0.39, 0.29) is 29.6 Å². The maximum atomic E-state index is 14.1. The zero-order valence-electron chi connectivity index (χ0n) is 14.8. The Morgan fingerprint density at radius 1 is 1.10 bits per heavy atom. The number of carboxylic acids is 1. The maximum Gasteiger partial charge on any atom is 0.490 e. The highest BCUT2D eigenvalue weighted by atomic mass is 32.2. The fourth-order valence-corrected chi connectivity index (χ4v) is 4.44. The van der Waals surface area contributed by atoms with Crippen LogP contribution in [0, 0.1) is 5.82 Å². The summed E-state index contributed by atoms with van der Waals surface area (Å²) < 4.78 is 83.1. The molecule has 2 N–H and O–H groups in total. The summed E-state index contributed by atoms with van der Waals surface area (Å²) in [5.74, 6) is -3.34. The molecule has 0 aromatic heterocycles. The summed E-state index contributed by atoms with van der Waals surface area (Å²) in [5, 5.41) is 10.3. The van der Waals surface area contributed by atoms with Crippen LogP contribution >= 0.6 is 0 Å². The van der Waals surface area contributed by atoms with Crippen LogP contribution in [0.25, 0.3) is 0 Å². The number of nitrogens with one attached hydrogen (secondary N) is 1. The summed E-state index contributed by atoms with van der Waals surface area (Å²) >= 11 is 0. The number of benzene rings is 1. The molecule has 0 aliphatic carbocycles. The van der Waals surface area contributed by atoms with Gasteiger partial charge in [0.25, 0.3) is 0 Å². The molecule has 0 saturated carbocycles. The predicted octanol–water partition coefficient (Wildman–Crippen LogP) is 1.13. The van der Waals surface area contributed by atoms with Crippen molar-refractivity contribution in [2.45, 2.75) is 11.1 Å². The first-order chi connectivity index (χ1) is 13.5. The monoisotopic (exact) mass is 440 g/mol. The van der Waals surface area contributed by atoms with Crippen LogP contribution in [0.5, 0.6) is 11.5 Å². The summed E-state index contributed by atoms with van der Waals surface area (Å²) in [6, 6.07) is 2.35. The summed E-state index contributed by atoms with van der Waals surface area (Å²) in [6.45, 7) is 2.70. The van der Waals surface area contributed by atoms with E-state index < -0.39 is 28.0 Å². The van der Waals surface area contributed by atoms with Crippen molar-refractivity contribution in [1.82, 2.24) is 9.62 Å². The minimum absolute atomic E-state index is 0.0172. The van der Waals surface area contributed by atoms with Gasteiger partial charge < -0.3 is 19.9 Å². The van der Waals surface area contributed by atoms with Gasteiger partial charge in [-0.3, -0.25) is 0 Å². The zero-order chi connectivity index (χ0) is 21.4. The highest BCUT2D eigenvalue weighted by Gasteiger charge is 2.38. The van der Waals surface area contributed by atoms with Gasteiger partial charge >= 0.3 is 12.1 Å². The van der Waals surface area contributed by atoms with Gasteiger partial charge in [0.15, 0.2) is 17.3 Å². The van der Waals surface area contributed by atoms with Crippen molar-refractivity contribution in [3.8, 4) is 11.5 Å². The molecule has 1 aromatic rings. The second-order valence-corrected chi connectivity index (χ2v) is 8.25. The van der Waals surface area contributed by atoms with Crippen LogP contribution in [0.1, 0.15) is 0 Å². The number of nitrogens with zero attached hydrogens (tertiary/aromatic N) is 1. The fourth-order valence-electron chi connectivity index (χ4n) is 2.99. The van der Waals surface area contributed by atoms with E-state index in [0.29, 0.717) is 13.1 Å². The fraction of sp³-hybridized carbons (Fsp3) is 0.438. The number of ether oxygens (including phenoxy) is 2. The lowest BCUT2D eigenvalue weighted by atomic mass is 10.2. The molecule has 0 spiro atoms. The molecule has 13 heteroatoms. The van der Waals surface area contributed by atoms with Gasteiger partial charge in [-0.1, -0.05) is 0 Å². The number of hydrogen-bond donors (Lipinski definition) is 2. The van der Waals surface area contributed by atoms with Gasteiger partial charge in [0.05, 0.1) is 4.90 Å². The van der Waals surface area contributed by atoms with Crippen molar-refractivity contribution in [3.63, 3.8) is 0 Å². The van der Waals surface area contributed by atoms with E-state index in [2.05, 4.69) is 5.32 Å². The van der Waals surface area contributed by atoms with E-state index in [4.69, 9.17) is 19.4 Å². The highest BCUT2D eigenvalue weighted by Crippen LogP contribution is 2.37. The van der Waals surface area contributed by atoms with Crippen LogP contribution < -0.4 is 14.8 Å². The molecule has 0 saturated heterocycles. The molecular weight excluding hydrogens is 424 g/mol. The van der Waals surface area contributed by atoms with Crippen LogP contribution in [0.4, 0.5) is 17.6 Å². The van der Waals surface area contributed by atoms with Crippen molar-refractivity contribution in [2.75, 3.05) is 39.4 Å². The number of rotatable bonds is 2. The van der Waals surface area contributed by atoms with Crippen LogP contribution in [-0.2, 0) is 14.8 Å². The van der Waals surface area contributed by atoms with Gasteiger partial charge in [0.2, 0.25) is 10.0 Å². The lowest BCUT2D eigenvalue weighted by molar-refractivity contribution is -0.192. The molecule has 0 unspecified atom stereocenters. The lowest BCUT2D eigenvalue weighted by Crippen LogP contribution is -2.32. The first-order valence-corrected chi connectivity index (χ1v) is 9.74. The molecule has 0 amide bonds. The lowest BCUT2D eigenvalue weighted by Gasteiger charge is -2.22. The first kappa shape index (κ1) is 21.3. The number of aliphatic carboxylic acids is 1. The Morgan fingerprint density at radius 2 is 1.66 bits per heavy atom. The van der Waals surface area contributed by atoms with Crippen LogP contribution in [-0.4, -0.2) is 69.4 Å². The number of fused-ring (bicyclic) bond motifs is 1. The minimum Gasteiger partial charge on any atom is -0.486 e. The maximum absolute atomic E-state index is 14.1. The minimum atomic E-state index is -5.08. The molecule has 4 rings (SSSR count). The van der Waals surface area contributed by atoms with E-state index >= 15 is 0 Å². The third kappa shape index (κ3) is 4.46. The van der Waals surface area contributed by atoms with E-state index in [1.807, 2.05) is 0 Å². The van der Waals surface area contributed by atoms with Gasteiger partial charge in [0, 0.05) is 32.2 Å². The van der Waals surface area contributed by atoms with E-state index in [0.717, 1.165) is 30.3 Å². The quantitative estimate of drug-likeness (QED) is 0.525. The van der Waals surface area contributed by atoms with Gasteiger partial charge in [-0.2, -0.15) is 17.5 Å². The Kier molecular flexibility index (Phi) is 5.74. The second kappa shape index (κ2) is 7.80. The van der Waals surface area contributed by atoms with Gasteiger partial charge in [-0.05, 0) is 17.2 Å². The number of alkyl halides is 3. The first-order valence-electron chi connectivity index (χ1n) is 8.30. The predicted molar refractivity (Wildman–Crippen MR) is 89.7 cm³/mol. The SMILES string of the molecule is O=C(O)C(F)(F)F.O=S(=O)(c1cc(F)c2c(c1)OCCO2)N1CC2=C(CNC2)C1. The Bertz CT molecular complexity index is 945. The van der Waals surface area contributed by atoms with Crippen LogP contribution in [0.3, 0.4) is 0 Å². The largest absolute Gasteiger partial charge is 0.490 e. The molecule has 29 heavy (non-hydrogen) atoms. The van der Waals surface area contributed by atoms with Crippen molar-refractivity contribution in [2.24, 2.45) is 0 Å². The Hall–Kier alpha value is -2.38. The van der Waals surface area contributed by atoms with Gasteiger partial charge in [0.1, 0.15) is 13.2 Å². The molecule has 0 bridgehead atoms. The topological polar surface area (TPSA) is 105 Å². The van der Waals surface area contributed by atoms with Gasteiger partial charge in [-0.15, -0.1) is 0 Å². The Balaban J connectivity index is 0.000000298. The average molecular weight is 440 g/mol. The second-order valence-electron chi connectivity index (χ2n) is 6.32. The number of halogens is 4. The summed E-state index contributed by atoms with van der Waals surface area (Å²) in [7, 11) is -3.75. The molecule has 3 heterocycles. The van der Waals surface area contributed by atoms with E-state index in [1.165, 1.54) is 10.4 Å². The molecule has 8 nitrogen and oxygen atoms in total. The number of hydrogen-bond acceptors (Lipinski definition) is 6. The normalized spacial score (nSPS) is 18.9. The molecule has 3 aliphatic heterocycles. The smallest absolute Gasteiger partial charge is 0.486 e. The highest BCUT2D eigenvalue weighted by molar-refractivity contribution is 7.89. The van der Waals surface area contributed by atoms with Crippen LogP contribution in [0.15, 0.2) is 28.2 Å². The Morgan fingerprint density at radius 3 is 2.21 bits per heavy atom. The van der Waals surface area contributed by atoms with Crippen molar-refractivity contribution < 1.29 is 45.4 Å². The number of sulfonamides is 1. The summed E-state index contributed by atoms with van der Waals surface area (Å²) in [5.41, 5.74) is 2.23. The molecule has 0 radical (unpaired) electrons. The molecule has 0 atom stereocenters. The third-order valence-corrected chi connectivity index (χ3v) is 6.13. The third-order valence-electron chi connectivity index (χ3n) is 4.36. The van der Waals surface area contributed by atoms with Crippen molar-refractivity contribution in [1.29, 1.82) is 0 Å². The van der Waals surface area contributed by atoms with E-state index in [1.54, 1.807) is 0 Å². The molecule has 1 aromatic carbocycles. The van der Waals surface area contributed by atoms with Crippen molar-refractivity contribution >= 4 is 16.0 Å². The molecule has 160 valence electrons. The van der Waals surface area contributed by atoms with Crippen LogP contribution in [0.2, 0.25) is 0 Å². The van der Waals surface area contributed by atoms with E-state index in [9.17, 15) is 26.0 Å². The standard InChI is InChI=1S/C14H15FN2O4S.C2HF3O2/c15-12-3-11(4-13-14(12)21-2-1-20-13)22(18,19)17-7-9-5-16-6-10(9)8-17;3-2(4,5)1(6)7/h3-4,16H,1-2,5-8H2;(H,6,7). The number of carboxylic acid groups (broad SMARTS) is 1. The summed E-state index contributed by atoms with van der Waals surface area (Å²) in [6.07, 6.45) is -5.08. The summed E-state index contributed by atoms with van der Waals surface area (Å²) in [4.78, 5) is 8.80. The number of carbonyl (C=O) groups is 1. The Labute approximate surface area is 162 Å². The van der Waals surface area contributed by atoms with Crippen molar-refractivity contribution in [3.05, 3.63) is 29.1 Å². The molecule has 3 aliphatic rings. The molecule has 0 fully saturated rings.